The van der Waals surface area contributed by atoms with Crippen LogP contribution >= 0.6 is 0 Å². The Balaban J connectivity index is 2.26. The first-order valence-corrected chi connectivity index (χ1v) is 4.49. The first-order valence-electron chi connectivity index (χ1n) is 4.49. The topological polar surface area (TPSA) is 48.1 Å². The molecular formula is C11H8F2N2O. The van der Waals surface area contributed by atoms with Crippen LogP contribution in [0.25, 0.3) is 0 Å². The molecule has 82 valence electrons. The minimum absolute atomic E-state index is 0.152. The van der Waals surface area contributed by atoms with E-state index >= 15 is 0 Å². The largest absolute Gasteiger partial charge is 0.436 e. The summed E-state index contributed by atoms with van der Waals surface area (Å²) in [6.07, 6.45) is 1.37. The van der Waals surface area contributed by atoms with Crippen LogP contribution in [0, 0.1) is 11.6 Å². The molecule has 0 fully saturated rings. The van der Waals surface area contributed by atoms with Gasteiger partial charge in [-0.2, -0.15) is 0 Å². The molecule has 0 aliphatic carbocycles. The third kappa shape index (κ3) is 2.25. The van der Waals surface area contributed by atoms with Gasteiger partial charge in [-0.3, -0.25) is 0 Å². The molecule has 2 rings (SSSR count). The van der Waals surface area contributed by atoms with Gasteiger partial charge >= 0.3 is 0 Å². The van der Waals surface area contributed by atoms with E-state index in [-0.39, 0.29) is 11.6 Å². The molecule has 0 aliphatic heterocycles. The second-order valence-electron chi connectivity index (χ2n) is 3.11. The molecule has 1 heterocycles. The molecule has 1 aromatic heterocycles. The van der Waals surface area contributed by atoms with Gasteiger partial charge in [0.1, 0.15) is 5.82 Å². The fraction of sp³-hybridized carbons (Fsp3) is 0. The minimum atomic E-state index is -0.653. The van der Waals surface area contributed by atoms with Gasteiger partial charge in [-0.1, -0.05) is 0 Å². The summed E-state index contributed by atoms with van der Waals surface area (Å²) in [6.45, 7) is 0. The van der Waals surface area contributed by atoms with Crippen LogP contribution in [0.5, 0.6) is 11.6 Å². The fourth-order valence-corrected chi connectivity index (χ4v) is 1.12. The van der Waals surface area contributed by atoms with Gasteiger partial charge < -0.3 is 10.5 Å². The van der Waals surface area contributed by atoms with Gasteiger partial charge in [-0.15, -0.1) is 0 Å². The van der Waals surface area contributed by atoms with Crippen molar-refractivity contribution in [1.82, 2.24) is 4.98 Å². The number of halogens is 2. The molecule has 2 N–H and O–H groups in total. The summed E-state index contributed by atoms with van der Waals surface area (Å²) in [7, 11) is 0. The van der Waals surface area contributed by atoms with Crippen LogP contribution in [0.4, 0.5) is 14.5 Å². The number of anilines is 1. The van der Waals surface area contributed by atoms with Gasteiger partial charge in [0.25, 0.3) is 0 Å². The second-order valence-corrected chi connectivity index (χ2v) is 3.11. The molecule has 2 aromatic rings. The summed E-state index contributed by atoms with van der Waals surface area (Å²) in [5, 5.41) is 0. The van der Waals surface area contributed by atoms with Crippen molar-refractivity contribution < 1.29 is 13.5 Å². The normalized spacial score (nSPS) is 10.1. The maximum absolute atomic E-state index is 13.2. The van der Waals surface area contributed by atoms with Crippen molar-refractivity contribution in [3.05, 3.63) is 48.2 Å². The van der Waals surface area contributed by atoms with E-state index in [1.54, 1.807) is 6.07 Å². The molecule has 0 aliphatic rings. The van der Waals surface area contributed by atoms with E-state index in [9.17, 15) is 8.78 Å². The molecule has 1 aromatic carbocycles. The van der Waals surface area contributed by atoms with Crippen LogP contribution < -0.4 is 10.5 Å². The Kier molecular flexibility index (Phi) is 2.68. The van der Waals surface area contributed by atoms with Gasteiger partial charge in [0.05, 0.1) is 11.9 Å². The highest BCUT2D eigenvalue weighted by molar-refractivity contribution is 5.37. The highest BCUT2D eigenvalue weighted by Crippen LogP contribution is 2.23. The molecule has 0 saturated carbocycles. The number of nitrogen functional groups attached to an aromatic ring is 1. The van der Waals surface area contributed by atoms with Gasteiger partial charge in [0, 0.05) is 12.1 Å². The minimum Gasteiger partial charge on any atom is -0.436 e. The van der Waals surface area contributed by atoms with Crippen LogP contribution in [0.15, 0.2) is 36.5 Å². The number of ether oxygens (including phenoxy) is 1. The predicted molar refractivity (Wildman–Crippen MR) is 55.1 cm³/mol. The van der Waals surface area contributed by atoms with E-state index in [1.165, 1.54) is 12.3 Å². The van der Waals surface area contributed by atoms with Crippen molar-refractivity contribution in [2.45, 2.75) is 0 Å². The lowest BCUT2D eigenvalue weighted by atomic mass is 10.3. The number of nitrogens with zero attached hydrogens (tertiary/aromatic N) is 1. The highest BCUT2D eigenvalue weighted by Gasteiger charge is 2.06. The van der Waals surface area contributed by atoms with E-state index in [0.29, 0.717) is 5.69 Å². The van der Waals surface area contributed by atoms with Gasteiger partial charge in [0.15, 0.2) is 11.6 Å². The molecule has 0 radical (unpaired) electrons. The van der Waals surface area contributed by atoms with Gasteiger partial charge in [0.2, 0.25) is 5.88 Å². The van der Waals surface area contributed by atoms with E-state index in [1.807, 2.05) is 0 Å². The van der Waals surface area contributed by atoms with Crippen molar-refractivity contribution in [3.63, 3.8) is 0 Å². The van der Waals surface area contributed by atoms with Crippen LogP contribution in [-0.2, 0) is 0 Å². The summed E-state index contributed by atoms with van der Waals surface area (Å²) < 4.78 is 31.1. The molecule has 0 saturated heterocycles. The SMILES string of the molecule is Nc1ccc(Oc2cc(F)ccc2F)nc1. The monoisotopic (exact) mass is 222 g/mol. The molecular weight excluding hydrogens is 214 g/mol. The zero-order valence-electron chi connectivity index (χ0n) is 8.15. The maximum Gasteiger partial charge on any atom is 0.219 e. The summed E-state index contributed by atoms with van der Waals surface area (Å²) in [6, 6.07) is 5.98. The van der Waals surface area contributed by atoms with Crippen molar-refractivity contribution in [2.24, 2.45) is 0 Å². The van der Waals surface area contributed by atoms with E-state index in [4.69, 9.17) is 10.5 Å². The van der Waals surface area contributed by atoms with Crippen molar-refractivity contribution in [3.8, 4) is 11.6 Å². The molecule has 0 amide bonds. The van der Waals surface area contributed by atoms with Crippen LogP contribution in [0.2, 0.25) is 0 Å². The number of rotatable bonds is 2. The van der Waals surface area contributed by atoms with Crippen LogP contribution in [0.1, 0.15) is 0 Å². The first-order chi connectivity index (χ1) is 7.65. The Bertz CT molecular complexity index is 500. The molecule has 3 nitrogen and oxygen atoms in total. The quantitative estimate of drug-likeness (QED) is 0.849. The molecule has 0 atom stereocenters. The zero-order chi connectivity index (χ0) is 11.5. The summed E-state index contributed by atoms with van der Waals surface area (Å²) >= 11 is 0. The lowest BCUT2D eigenvalue weighted by Crippen LogP contribution is -1.93. The number of pyridine rings is 1. The molecule has 0 unspecified atom stereocenters. The predicted octanol–water partition coefficient (Wildman–Crippen LogP) is 2.73. The fourth-order valence-electron chi connectivity index (χ4n) is 1.12. The van der Waals surface area contributed by atoms with Crippen LogP contribution in [-0.4, -0.2) is 4.98 Å². The molecule has 5 heteroatoms. The Morgan fingerprint density at radius 2 is 1.94 bits per heavy atom. The number of nitrogens with two attached hydrogens (primary N) is 1. The summed E-state index contributed by atoms with van der Waals surface area (Å²) in [4.78, 5) is 3.81. The van der Waals surface area contributed by atoms with Crippen molar-refractivity contribution in [1.29, 1.82) is 0 Å². The Morgan fingerprint density at radius 1 is 1.12 bits per heavy atom. The number of benzene rings is 1. The smallest absolute Gasteiger partial charge is 0.219 e. The summed E-state index contributed by atoms with van der Waals surface area (Å²) in [5.74, 6) is -1.29. The van der Waals surface area contributed by atoms with Crippen LogP contribution in [0.3, 0.4) is 0 Å². The second kappa shape index (κ2) is 4.14. The third-order valence-corrected chi connectivity index (χ3v) is 1.87. The number of hydrogen-bond donors (Lipinski definition) is 1. The van der Waals surface area contributed by atoms with Crippen molar-refractivity contribution >= 4 is 5.69 Å². The van der Waals surface area contributed by atoms with Gasteiger partial charge in [-0.05, 0) is 18.2 Å². The molecule has 16 heavy (non-hydrogen) atoms. The molecule has 0 spiro atoms. The Hall–Kier alpha value is -2.17. The molecule has 0 bridgehead atoms. The average molecular weight is 222 g/mol. The zero-order valence-corrected chi connectivity index (χ0v) is 8.15. The maximum atomic E-state index is 13.2. The first kappa shape index (κ1) is 10.4. The number of aromatic nitrogens is 1. The van der Waals surface area contributed by atoms with E-state index < -0.39 is 11.6 Å². The standard InChI is InChI=1S/C11H8F2N2O/c12-7-1-3-9(13)10(5-7)16-11-4-2-8(14)6-15-11/h1-6H,14H2. The number of hydrogen-bond acceptors (Lipinski definition) is 3. The van der Waals surface area contributed by atoms with Crippen molar-refractivity contribution in [2.75, 3.05) is 5.73 Å². The Morgan fingerprint density at radius 3 is 2.62 bits per heavy atom. The third-order valence-electron chi connectivity index (χ3n) is 1.87. The lowest BCUT2D eigenvalue weighted by Gasteiger charge is -2.05. The average Bonchev–Trinajstić information content (AvgIpc) is 2.27. The van der Waals surface area contributed by atoms with E-state index in [0.717, 1.165) is 18.2 Å². The highest BCUT2D eigenvalue weighted by atomic mass is 19.1. The van der Waals surface area contributed by atoms with Gasteiger partial charge in [-0.25, -0.2) is 13.8 Å². The van der Waals surface area contributed by atoms with E-state index in [2.05, 4.69) is 4.98 Å². The summed E-state index contributed by atoms with van der Waals surface area (Å²) in [5.41, 5.74) is 5.89. The lowest BCUT2D eigenvalue weighted by molar-refractivity contribution is 0.422. The Labute approximate surface area is 90.5 Å².